The highest BCUT2D eigenvalue weighted by atomic mass is 16.5. The summed E-state index contributed by atoms with van der Waals surface area (Å²) in [5.41, 5.74) is 1.31. The van der Waals surface area contributed by atoms with Gasteiger partial charge < -0.3 is 9.64 Å². The van der Waals surface area contributed by atoms with E-state index < -0.39 is 5.41 Å². The molecular weight excluding hydrogens is 328 g/mol. The number of anilines is 1. The number of hydrogen-bond donors (Lipinski definition) is 0. The zero-order valence-electron chi connectivity index (χ0n) is 15.9. The van der Waals surface area contributed by atoms with Crippen LogP contribution in [0.4, 0.5) is 5.82 Å². The van der Waals surface area contributed by atoms with Crippen molar-refractivity contribution < 1.29 is 9.53 Å². The van der Waals surface area contributed by atoms with Gasteiger partial charge in [-0.25, -0.2) is 9.97 Å². The summed E-state index contributed by atoms with van der Waals surface area (Å²) in [6.45, 7) is 7.63. The average Bonchev–Trinajstić information content (AvgIpc) is 2.67. The van der Waals surface area contributed by atoms with E-state index in [1.165, 1.54) is 7.11 Å². The molecule has 3 rings (SSSR count). The summed E-state index contributed by atoms with van der Waals surface area (Å²) < 4.78 is 5.02. The van der Waals surface area contributed by atoms with Crippen molar-refractivity contribution in [3.8, 4) is 11.4 Å². The molecule has 0 saturated carbocycles. The van der Waals surface area contributed by atoms with Crippen molar-refractivity contribution in [2.45, 2.75) is 33.6 Å². The maximum atomic E-state index is 12.2. The van der Waals surface area contributed by atoms with Crippen LogP contribution in [-0.2, 0) is 9.53 Å². The lowest BCUT2D eigenvalue weighted by Gasteiger charge is -2.40. The Labute approximate surface area is 154 Å². The van der Waals surface area contributed by atoms with Gasteiger partial charge in [-0.3, -0.25) is 9.78 Å². The summed E-state index contributed by atoms with van der Waals surface area (Å²) in [6, 6.07) is 5.86. The fourth-order valence-corrected chi connectivity index (χ4v) is 3.54. The molecule has 26 heavy (non-hydrogen) atoms. The van der Waals surface area contributed by atoms with Gasteiger partial charge in [-0.15, -0.1) is 0 Å². The predicted octanol–water partition coefficient (Wildman–Crippen LogP) is 3.26. The van der Waals surface area contributed by atoms with Crippen molar-refractivity contribution >= 4 is 11.8 Å². The molecule has 0 radical (unpaired) electrons. The van der Waals surface area contributed by atoms with Crippen LogP contribution in [0.5, 0.6) is 0 Å². The minimum Gasteiger partial charge on any atom is -0.469 e. The standard InChI is InChI=1S/C20H26N4O2/c1-14-11-17(23-18(22-14)15-7-5-9-21-12-15)24-10-6-8-16(13-24)20(2,3)19(25)26-4/h5,7,9,11-12,16H,6,8,10,13H2,1-4H3. The first-order valence-electron chi connectivity index (χ1n) is 9.01. The van der Waals surface area contributed by atoms with E-state index in [0.717, 1.165) is 43.0 Å². The highest BCUT2D eigenvalue weighted by Gasteiger charge is 2.40. The lowest BCUT2D eigenvalue weighted by atomic mass is 9.74. The smallest absolute Gasteiger partial charge is 0.311 e. The Morgan fingerprint density at radius 2 is 2.15 bits per heavy atom. The second-order valence-electron chi connectivity index (χ2n) is 7.43. The topological polar surface area (TPSA) is 68.2 Å². The number of carbonyl (C=O) groups excluding carboxylic acids is 1. The van der Waals surface area contributed by atoms with Crippen LogP contribution in [0.1, 0.15) is 32.4 Å². The molecule has 3 heterocycles. The van der Waals surface area contributed by atoms with Crippen LogP contribution >= 0.6 is 0 Å². The Morgan fingerprint density at radius 1 is 1.35 bits per heavy atom. The third kappa shape index (κ3) is 3.69. The van der Waals surface area contributed by atoms with E-state index in [-0.39, 0.29) is 11.9 Å². The number of nitrogens with zero attached hydrogens (tertiary/aromatic N) is 4. The Bertz CT molecular complexity index is 777. The summed E-state index contributed by atoms with van der Waals surface area (Å²) in [5.74, 6) is 1.66. The van der Waals surface area contributed by atoms with E-state index in [9.17, 15) is 4.79 Å². The second kappa shape index (κ2) is 7.40. The number of pyridine rings is 1. The van der Waals surface area contributed by atoms with E-state index in [1.807, 2.05) is 39.0 Å². The van der Waals surface area contributed by atoms with Crippen molar-refractivity contribution in [1.82, 2.24) is 15.0 Å². The van der Waals surface area contributed by atoms with Crippen LogP contribution < -0.4 is 4.90 Å². The molecule has 6 heteroatoms. The summed E-state index contributed by atoms with van der Waals surface area (Å²) in [7, 11) is 1.46. The second-order valence-corrected chi connectivity index (χ2v) is 7.43. The van der Waals surface area contributed by atoms with E-state index in [2.05, 4.69) is 14.9 Å². The molecule has 0 aromatic carbocycles. The number of rotatable bonds is 4. The Morgan fingerprint density at radius 3 is 2.85 bits per heavy atom. The van der Waals surface area contributed by atoms with Crippen molar-refractivity contribution in [2.24, 2.45) is 11.3 Å². The molecule has 1 unspecified atom stereocenters. The molecule has 0 N–H and O–H groups in total. The fourth-order valence-electron chi connectivity index (χ4n) is 3.54. The van der Waals surface area contributed by atoms with E-state index >= 15 is 0 Å². The minimum absolute atomic E-state index is 0.153. The molecule has 1 aliphatic heterocycles. The molecule has 0 bridgehead atoms. The predicted molar refractivity (Wildman–Crippen MR) is 101 cm³/mol. The number of carbonyl (C=O) groups is 1. The van der Waals surface area contributed by atoms with Crippen LogP contribution in [0.15, 0.2) is 30.6 Å². The highest BCUT2D eigenvalue weighted by Crippen LogP contribution is 2.36. The van der Waals surface area contributed by atoms with Gasteiger partial charge in [0.15, 0.2) is 5.82 Å². The van der Waals surface area contributed by atoms with Gasteiger partial charge in [0.05, 0.1) is 12.5 Å². The average molecular weight is 354 g/mol. The van der Waals surface area contributed by atoms with Crippen molar-refractivity contribution in [3.05, 3.63) is 36.3 Å². The first kappa shape index (κ1) is 18.3. The first-order valence-corrected chi connectivity index (χ1v) is 9.01. The summed E-state index contributed by atoms with van der Waals surface area (Å²) in [6.07, 6.45) is 5.55. The molecule has 6 nitrogen and oxygen atoms in total. The van der Waals surface area contributed by atoms with Gasteiger partial charge in [0, 0.05) is 42.8 Å². The molecule has 0 aliphatic carbocycles. The number of aryl methyl sites for hydroxylation is 1. The minimum atomic E-state index is -0.512. The number of methoxy groups -OCH3 is 1. The fraction of sp³-hybridized carbons (Fsp3) is 0.500. The van der Waals surface area contributed by atoms with Crippen molar-refractivity contribution in [2.75, 3.05) is 25.1 Å². The summed E-state index contributed by atoms with van der Waals surface area (Å²) >= 11 is 0. The molecule has 1 aliphatic rings. The quantitative estimate of drug-likeness (QED) is 0.785. The van der Waals surface area contributed by atoms with Crippen LogP contribution in [0.2, 0.25) is 0 Å². The van der Waals surface area contributed by atoms with E-state index in [4.69, 9.17) is 9.72 Å². The van der Waals surface area contributed by atoms with Crippen molar-refractivity contribution in [1.29, 1.82) is 0 Å². The summed E-state index contributed by atoms with van der Waals surface area (Å²) in [5, 5.41) is 0. The van der Waals surface area contributed by atoms with Crippen LogP contribution in [-0.4, -0.2) is 41.1 Å². The van der Waals surface area contributed by atoms with Crippen molar-refractivity contribution in [3.63, 3.8) is 0 Å². The Balaban J connectivity index is 1.87. The molecule has 1 atom stereocenters. The van der Waals surface area contributed by atoms with Crippen LogP contribution in [0, 0.1) is 18.3 Å². The maximum Gasteiger partial charge on any atom is 0.311 e. The molecule has 1 saturated heterocycles. The highest BCUT2D eigenvalue weighted by molar-refractivity contribution is 5.76. The zero-order chi connectivity index (χ0) is 18.7. The SMILES string of the molecule is COC(=O)C(C)(C)C1CCCN(c2cc(C)nc(-c3cccnc3)n2)C1. The summed E-state index contributed by atoms with van der Waals surface area (Å²) in [4.78, 5) is 27.9. The van der Waals surface area contributed by atoms with Gasteiger partial charge in [0.1, 0.15) is 5.82 Å². The number of hydrogen-bond acceptors (Lipinski definition) is 6. The zero-order valence-corrected chi connectivity index (χ0v) is 15.9. The van der Waals surface area contributed by atoms with Gasteiger partial charge in [-0.2, -0.15) is 0 Å². The van der Waals surface area contributed by atoms with E-state index in [1.54, 1.807) is 12.4 Å². The Hall–Kier alpha value is -2.50. The molecule has 0 spiro atoms. The lowest BCUT2D eigenvalue weighted by molar-refractivity contribution is -0.154. The molecule has 1 fully saturated rings. The monoisotopic (exact) mass is 354 g/mol. The lowest BCUT2D eigenvalue weighted by Crippen LogP contribution is -2.45. The van der Waals surface area contributed by atoms with E-state index in [0.29, 0.717) is 5.82 Å². The van der Waals surface area contributed by atoms with Gasteiger partial charge in [0.2, 0.25) is 0 Å². The number of piperidine rings is 1. The molecule has 0 amide bonds. The normalized spacial score (nSPS) is 17.8. The van der Waals surface area contributed by atoms with Crippen LogP contribution in [0.3, 0.4) is 0 Å². The Kier molecular flexibility index (Phi) is 5.20. The number of aromatic nitrogens is 3. The largest absolute Gasteiger partial charge is 0.469 e. The van der Waals surface area contributed by atoms with Gasteiger partial charge in [-0.05, 0) is 51.7 Å². The molecule has 2 aromatic heterocycles. The molecule has 2 aromatic rings. The third-order valence-electron chi connectivity index (χ3n) is 5.24. The van der Waals surface area contributed by atoms with Gasteiger partial charge in [0.25, 0.3) is 0 Å². The molecular formula is C20H26N4O2. The maximum absolute atomic E-state index is 12.2. The van der Waals surface area contributed by atoms with Gasteiger partial charge >= 0.3 is 5.97 Å². The number of esters is 1. The van der Waals surface area contributed by atoms with Crippen LogP contribution in [0.25, 0.3) is 11.4 Å². The third-order valence-corrected chi connectivity index (χ3v) is 5.24. The molecule has 138 valence electrons. The van der Waals surface area contributed by atoms with Gasteiger partial charge in [-0.1, -0.05) is 0 Å². The first-order chi connectivity index (χ1) is 12.4. The number of ether oxygens (including phenoxy) is 1.